The molecular formula is C12H23NO8. The molecule has 0 aromatic carbocycles. The van der Waals surface area contributed by atoms with Crippen molar-refractivity contribution in [1.82, 2.24) is 5.32 Å². The molecule has 9 heteroatoms. The Morgan fingerprint density at radius 2 is 1.90 bits per heavy atom. The minimum atomic E-state index is -1.54. The summed E-state index contributed by atoms with van der Waals surface area (Å²) in [7, 11) is 0. The van der Waals surface area contributed by atoms with E-state index in [1.54, 1.807) is 0 Å². The Labute approximate surface area is 122 Å². The molecule has 21 heavy (non-hydrogen) atoms. The van der Waals surface area contributed by atoms with Gasteiger partial charge in [0.25, 0.3) is 0 Å². The Balaban J connectivity index is 2.61. The molecule has 1 heterocycles. The number of nitrogens with one attached hydrogen (secondary N) is 1. The zero-order chi connectivity index (χ0) is 16.2. The van der Waals surface area contributed by atoms with Gasteiger partial charge in [-0.15, -0.1) is 0 Å². The first-order chi connectivity index (χ1) is 9.77. The van der Waals surface area contributed by atoms with Gasteiger partial charge < -0.3 is 40.3 Å². The van der Waals surface area contributed by atoms with Crippen molar-refractivity contribution in [2.24, 2.45) is 0 Å². The Kier molecular flexibility index (Phi) is 6.94. The molecule has 1 aliphatic rings. The number of aliphatic hydroxyl groups excluding tert-OH is 5. The predicted molar refractivity (Wildman–Crippen MR) is 69.0 cm³/mol. The molecule has 0 saturated carbocycles. The van der Waals surface area contributed by atoms with Crippen LogP contribution in [0.1, 0.15) is 13.8 Å². The van der Waals surface area contributed by atoms with Gasteiger partial charge in [0.15, 0.2) is 6.29 Å². The van der Waals surface area contributed by atoms with Crippen molar-refractivity contribution >= 4 is 5.91 Å². The standard InChI is InChI=1S/C12H23NO8/c1-5(15)7(13-6(2)16)4-20-12-11(19)10(18)9(17)8(3-14)21-12/h5,7-12,14-15,17-19H,3-4H2,1-2H3,(H,13,16)/t5-,7+,8-,9+,10+,11-,12?/m1/s1. The monoisotopic (exact) mass is 309 g/mol. The number of carbonyl (C=O) groups excluding carboxylic acids is 1. The fourth-order valence-corrected chi connectivity index (χ4v) is 1.97. The average molecular weight is 309 g/mol. The lowest BCUT2D eigenvalue weighted by molar-refractivity contribution is -0.302. The van der Waals surface area contributed by atoms with Crippen LogP contribution in [0, 0.1) is 0 Å². The maximum atomic E-state index is 11.0. The number of hydrogen-bond acceptors (Lipinski definition) is 8. The van der Waals surface area contributed by atoms with Gasteiger partial charge in [0.05, 0.1) is 25.4 Å². The summed E-state index contributed by atoms with van der Waals surface area (Å²) in [6, 6.07) is -0.727. The third kappa shape index (κ3) is 4.85. The second-order valence-electron chi connectivity index (χ2n) is 5.08. The summed E-state index contributed by atoms with van der Waals surface area (Å²) >= 11 is 0. The van der Waals surface area contributed by atoms with E-state index in [0.29, 0.717) is 0 Å². The van der Waals surface area contributed by atoms with E-state index in [1.807, 2.05) is 0 Å². The third-order valence-corrected chi connectivity index (χ3v) is 3.26. The summed E-state index contributed by atoms with van der Waals surface area (Å²) in [5.74, 6) is -0.363. The van der Waals surface area contributed by atoms with E-state index in [9.17, 15) is 25.2 Å². The molecule has 1 aliphatic heterocycles. The van der Waals surface area contributed by atoms with E-state index < -0.39 is 49.5 Å². The number of rotatable bonds is 6. The lowest BCUT2D eigenvalue weighted by Crippen LogP contribution is -2.59. The van der Waals surface area contributed by atoms with Crippen molar-refractivity contribution in [3.05, 3.63) is 0 Å². The molecule has 0 radical (unpaired) electrons. The van der Waals surface area contributed by atoms with E-state index in [4.69, 9.17) is 14.6 Å². The summed E-state index contributed by atoms with van der Waals surface area (Å²) in [4.78, 5) is 11.0. The lowest BCUT2D eigenvalue weighted by Gasteiger charge is -2.40. The number of aliphatic hydroxyl groups is 5. The minimum Gasteiger partial charge on any atom is -0.394 e. The SMILES string of the molecule is CC(=O)N[C@@H](COC1O[C@H](CO)[C@H](O)[C@H](O)[C@H]1O)[C@@H](C)O. The van der Waals surface area contributed by atoms with Gasteiger partial charge in [-0.1, -0.05) is 0 Å². The van der Waals surface area contributed by atoms with E-state index in [1.165, 1.54) is 13.8 Å². The van der Waals surface area contributed by atoms with Crippen LogP contribution in [-0.2, 0) is 14.3 Å². The number of carbonyl (C=O) groups is 1. The van der Waals surface area contributed by atoms with Crippen LogP contribution in [0.4, 0.5) is 0 Å². The van der Waals surface area contributed by atoms with E-state index >= 15 is 0 Å². The Morgan fingerprint density at radius 3 is 2.38 bits per heavy atom. The molecule has 1 saturated heterocycles. The second kappa shape index (κ2) is 7.99. The van der Waals surface area contributed by atoms with Gasteiger partial charge in [-0.05, 0) is 6.92 Å². The lowest BCUT2D eigenvalue weighted by atomic mass is 9.99. The van der Waals surface area contributed by atoms with Crippen LogP contribution in [0.3, 0.4) is 0 Å². The first-order valence-electron chi connectivity index (χ1n) is 6.65. The van der Waals surface area contributed by atoms with Gasteiger partial charge in [-0.25, -0.2) is 0 Å². The normalized spacial score (nSPS) is 36.0. The summed E-state index contributed by atoms with van der Waals surface area (Å²) in [6.45, 7) is 2.00. The van der Waals surface area contributed by atoms with Crippen molar-refractivity contribution in [1.29, 1.82) is 0 Å². The molecule has 1 unspecified atom stereocenters. The molecule has 0 bridgehead atoms. The molecule has 1 rings (SSSR count). The molecule has 9 nitrogen and oxygen atoms in total. The topological polar surface area (TPSA) is 149 Å². The van der Waals surface area contributed by atoms with Gasteiger partial charge in [0.1, 0.15) is 24.4 Å². The van der Waals surface area contributed by atoms with E-state index in [2.05, 4.69) is 5.32 Å². The van der Waals surface area contributed by atoms with Crippen LogP contribution in [-0.4, -0.2) is 87.5 Å². The van der Waals surface area contributed by atoms with E-state index in [0.717, 1.165) is 0 Å². The minimum absolute atomic E-state index is 0.181. The summed E-state index contributed by atoms with van der Waals surface area (Å²) in [6.07, 6.45) is -7.79. The number of hydrogen-bond donors (Lipinski definition) is 6. The van der Waals surface area contributed by atoms with Crippen molar-refractivity contribution in [2.45, 2.75) is 56.7 Å². The van der Waals surface area contributed by atoms with Crippen LogP contribution in [0.25, 0.3) is 0 Å². The van der Waals surface area contributed by atoms with Gasteiger partial charge in [-0.3, -0.25) is 4.79 Å². The molecule has 6 N–H and O–H groups in total. The highest BCUT2D eigenvalue weighted by atomic mass is 16.7. The summed E-state index contributed by atoms with van der Waals surface area (Å²) in [5.41, 5.74) is 0. The van der Waals surface area contributed by atoms with Crippen molar-refractivity contribution < 1.29 is 39.8 Å². The number of ether oxygens (including phenoxy) is 2. The zero-order valence-corrected chi connectivity index (χ0v) is 11.9. The Morgan fingerprint density at radius 1 is 1.29 bits per heavy atom. The van der Waals surface area contributed by atoms with Crippen LogP contribution >= 0.6 is 0 Å². The number of amides is 1. The molecule has 0 aromatic heterocycles. The van der Waals surface area contributed by atoms with Crippen LogP contribution in [0.15, 0.2) is 0 Å². The van der Waals surface area contributed by atoms with Gasteiger partial charge in [-0.2, -0.15) is 0 Å². The fraction of sp³-hybridized carbons (Fsp3) is 0.917. The summed E-state index contributed by atoms with van der Waals surface area (Å²) < 4.78 is 10.4. The average Bonchev–Trinajstić information content (AvgIpc) is 2.42. The highest BCUT2D eigenvalue weighted by Gasteiger charge is 2.44. The predicted octanol–water partition coefficient (Wildman–Crippen LogP) is -3.31. The third-order valence-electron chi connectivity index (χ3n) is 3.26. The van der Waals surface area contributed by atoms with Crippen molar-refractivity contribution in [3.8, 4) is 0 Å². The van der Waals surface area contributed by atoms with Crippen molar-refractivity contribution in [2.75, 3.05) is 13.2 Å². The second-order valence-corrected chi connectivity index (χ2v) is 5.08. The molecular weight excluding hydrogens is 286 g/mol. The maximum absolute atomic E-state index is 11.0. The molecule has 0 spiro atoms. The first-order valence-corrected chi connectivity index (χ1v) is 6.65. The van der Waals surface area contributed by atoms with Gasteiger partial charge >= 0.3 is 0 Å². The maximum Gasteiger partial charge on any atom is 0.217 e. The zero-order valence-electron chi connectivity index (χ0n) is 11.9. The van der Waals surface area contributed by atoms with Crippen LogP contribution in [0.2, 0.25) is 0 Å². The van der Waals surface area contributed by atoms with Gasteiger partial charge in [0.2, 0.25) is 5.91 Å². The highest BCUT2D eigenvalue weighted by Crippen LogP contribution is 2.22. The van der Waals surface area contributed by atoms with Crippen molar-refractivity contribution in [3.63, 3.8) is 0 Å². The summed E-state index contributed by atoms with van der Waals surface area (Å²) in [5, 5.41) is 50.0. The Hall–Kier alpha value is -0.810. The smallest absolute Gasteiger partial charge is 0.217 e. The highest BCUT2D eigenvalue weighted by molar-refractivity contribution is 5.73. The van der Waals surface area contributed by atoms with Crippen LogP contribution < -0.4 is 5.32 Å². The molecule has 7 atom stereocenters. The molecule has 0 aliphatic carbocycles. The quantitative estimate of drug-likeness (QED) is 0.299. The Bertz CT molecular complexity index is 337. The fourth-order valence-electron chi connectivity index (χ4n) is 1.97. The molecule has 0 aromatic rings. The molecule has 124 valence electrons. The largest absolute Gasteiger partial charge is 0.394 e. The molecule has 1 fully saturated rings. The first kappa shape index (κ1) is 18.2. The van der Waals surface area contributed by atoms with Crippen LogP contribution in [0.5, 0.6) is 0 Å². The molecule has 1 amide bonds. The van der Waals surface area contributed by atoms with E-state index in [-0.39, 0.29) is 12.5 Å². The van der Waals surface area contributed by atoms with Gasteiger partial charge in [0, 0.05) is 6.92 Å².